The van der Waals surface area contributed by atoms with E-state index in [1.807, 2.05) is 66.7 Å². The fraction of sp³-hybridized carbons (Fsp3) is 0. The summed E-state index contributed by atoms with van der Waals surface area (Å²) in [6.07, 6.45) is 4.43. The standard InChI is InChI=1S/C57H40N4/c1-40(55-58-56(47-22-10-4-11-23-47)60-57(59-55)48-24-12-5-13-25-48)38-51(46-36-34-45(35-37-46)43-20-8-3-9-21-43)54(39-41-30-32-44(33-31-41)42-18-6-2-7-19-42)61-52-28-16-14-26-49(52)50-27-15-17-29-53(50)61/h2-39H,1H2/b51-38-,54-39-. The van der Waals surface area contributed by atoms with Gasteiger partial charge >= 0.3 is 0 Å². The Morgan fingerprint density at radius 1 is 0.393 bits per heavy atom. The Labute approximate surface area is 355 Å². The van der Waals surface area contributed by atoms with Gasteiger partial charge < -0.3 is 4.57 Å². The largest absolute Gasteiger partial charge is 0.309 e. The van der Waals surface area contributed by atoms with Crippen LogP contribution in [0.5, 0.6) is 0 Å². The third-order valence-corrected chi connectivity index (χ3v) is 11.0. The summed E-state index contributed by atoms with van der Waals surface area (Å²) in [6.45, 7) is 4.70. The Bertz CT molecular complexity index is 3090. The van der Waals surface area contributed by atoms with Crippen molar-refractivity contribution in [1.82, 2.24) is 19.5 Å². The first kappa shape index (κ1) is 37.1. The number of rotatable bonds is 10. The molecule has 288 valence electrons. The van der Waals surface area contributed by atoms with Crippen molar-refractivity contribution in [3.05, 3.63) is 248 Å². The molecule has 8 aromatic carbocycles. The topological polar surface area (TPSA) is 43.6 Å². The van der Waals surface area contributed by atoms with Crippen LogP contribution in [0.2, 0.25) is 0 Å². The molecule has 10 rings (SSSR count). The number of nitrogens with zero attached hydrogens (tertiary/aromatic N) is 4. The molecule has 0 spiro atoms. The fourth-order valence-electron chi connectivity index (χ4n) is 7.97. The quantitative estimate of drug-likeness (QED) is 0.130. The number of allylic oxidation sites excluding steroid dienone is 4. The summed E-state index contributed by atoms with van der Waals surface area (Å²) in [5.41, 5.74) is 13.3. The molecule has 4 heteroatoms. The minimum Gasteiger partial charge on any atom is -0.309 e. The van der Waals surface area contributed by atoms with Crippen LogP contribution in [0, 0.1) is 0 Å². The van der Waals surface area contributed by atoms with E-state index in [0.29, 0.717) is 23.0 Å². The average molecular weight is 781 g/mol. The van der Waals surface area contributed by atoms with Crippen LogP contribution < -0.4 is 0 Å². The summed E-state index contributed by atoms with van der Waals surface area (Å²) in [7, 11) is 0. The van der Waals surface area contributed by atoms with Gasteiger partial charge in [0.25, 0.3) is 0 Å². The lowest BCUT2D eigenvalue weighted by Crippen LogP contribution is -2.04. The van der Waals surface area contributed by atoms with Gasteiger partial charge in [0.05, 0.1) is 16.7 Å². The van der Waals surface area contributed by atoms with E-state index >= 15 is 0 Å². The van der Waals surface area contributed by atoms with Gasteiger partial charge in [-0.3, -0.25) is 0 Å². The predicted octanol–water partition coefficient (Wildman–Crippen LogP) is 14.4. The molecular formula is C57H40N4. The molecule has 0 amide bonds. The highest BCUT2D eigenvalue weighted by molar-refractivity contribution is 6.17. The van der Waals surface area contributed by atoms with Crippen LogP contribution in [-0.4, -0.2) is 19.5 Å². The summed E-state index contributed by atoms with van der Waals surface area (Å²) in [6, 6.07) is 76.0. The molecule has 0 aliphatic carbocycles. The highest BCUT2D eigenvalue weighted by Crippen LogP contribution is 2.40. The van der Waals surface area contributed by atoms with Gasteiger partial charge in [-0.15, -0.1) is 0 Å². The number of para-hydroxylation sites is 2. The summed E-state index contributed by atoms with van der Waals surface area (Å²) in [4.78, 5) is 15.1. The second-order valence-corrected chi connectivity index (χ2v) is 15.0. The molecule has 0 N–H and O–H groups in total. The van der Waals surface area contributed by atoms with Gasteiger partial charge in [-0.25, -0.2) is 15.0 Å². The molecule has 0 saturated heterocycles. The molecule has 61 heavy (non-hydrogen) atoms. The molecule has 10 aromatic rings. The molecule has 4 nitrogen and oxygen atoms in total. The van der Waals surface area contributed by atoms with E-state index in [0.717, 1.165) is 61.2 Å². The predicted molar refractivity (Wildman–Crippen MR) is 255 cm³/mol. The SMILES string of the molecule is C=C(/C=C(\C(=C\c1ccc(-c2ccccc2)cc1)n1c2ccccc2c2ccccc21)c1ccc(-c2ccccc2)cc1)c1nc(-c2ccccc2)nc(-c2ccccc2)n1. The number of aromatic nitrogens is 4. The number of hydrogen-bond acceptors (Lipinski definition) is 3. The van der Waals surface area contributed by atoms with Crippen molar-refractivity contribution in [2.24, 2.45) is 0 Å². The maximum Gasteiger partial charge on any atom is 0.164 e. The normalized spacial score (nSPS) is 11.9. The van der Waals surface area contributed by atoms with E-state index in [2.05, 4.69) is 168 Å². The fourth-order valence-corrected chi connectivity index (χ4v) is 7.97. The second kappa shape index (κ2) is 16.6. The Balaban J connectivity index is 1.21. The minimum atomic E-state index is 0.500. The van der Waals surface area contributed by atoms with E-state index in [1.54, 1.807) is 0 Å². The third-order valence-electron chi connectivity index (χ3n) is 11.0. The van der Waals surface area contributed by atoms with Gasteiger partial charge in [-0.2, -0.15) is 0 Å². The van der Waals surface area contributed by atoms with E-state index in [4.69, 9.17) is 21.5 Å². The van der Waals surface area contributed by atoms with Crippen LogP contribution in [0.25, 0.3) is 89.8 Å². The Hall–Kier alpha value is -8.21. The third kappa shape index (κ3) is 7.62. The zero-order valence-electron chi connectivity index (χ0n) is 33.4. The average Bonchev–Trinajstić information content (AvgIpc) is 3.68. The van der Waals surface area contributed by atoms with Crippen molar-refractivity contribution in [1.29, 1.82) is 0 Å². The van der Waals surface area contributed by atoms with Gasteiger partial charge in [0, 0.05) is 33.0 Å². The molecule has 0 atom stereocenters. The van der Waals surface area contributed by atoms with Gasteiger partial charge in [0.2, 0.25) is 0 Å². The van der Waals surface area contributed by atoms with E-state index in [1.165, 1.54) is 16.3 Å². The first-order valence-electron chi connectivity index (χ1n) is 20.5. The Morgan fingerprint density at radius 3 is 1.26 bits per heavy atom. The van der Waals surface area contributed by atoms with Gasteiger partial charge in [0.1, 0.15) is 0 Å². The molecule has 0 radical (unpaired) electrons. The van der Waals surface area contributed by atoms with E-state index in [-0.39, 0.29) is 0 Å². The zero-order valence-corrected chi connectivity index (χ0v) is 33.4. The lowest BCUT2D eigenvalue weighted by molar-refractivity contribution is 1.04. The molecule has 0 fully saturated rings. The van der Waals surface area contributed by atoms with Crippen molar-refractivity contribution in [3.63, 3.8) is 0 Å². The maximum atomic E-state index is 5.08. The Morgan fingerprint density at radius 2 is 0.787 bits per heavy atom. The van der Waals surface area contributed by atoms with Crippen LogP contribution in [0.4, 0.5) is 0 Å². The molecular weight excluding hydrogens is 741 g/mol. The second-order valence-electron chi connectivity index (χ2n) is 15.0. The van der Waals surface area contributed by atoms with Crippen molar-refractivity contribution >= 4 is 44.7 Å². The number of hydrogen-bond donors (Lipinski definition) is 0. The molecule has 2 aromatic heterocycles. The van der Waals surface area contributed by atoms with Crippen LogP contribution in [-0.2, 0) is 0 Å². The smallest absolute Gasteiger partial charge is 0.164 e. The van der Waals surface area contributed by atoms with Crippen molar-refractivity contribution in [2.45, 2.75) is 0 Å². The summed E-state index contributed by atoms with van der Waals surface area (Å²) >= 11 is 0. The lowest BCUT2D eigenvalue weighted by atomic mass is 9.95. The number of benzene rings is 8. The molecule has 0 bridgehead atoms. The Kier molecular flexibility index (Phi) is 10.1. The summed E-state index contributed by atoms with van der Waals surface area (Å²) in [5.74, 6) is 1.67. The van der Waals surface area contributed by atoms with Crippen LogP contribution >= 0.6 is 0 Å². The van der Waals surface area contributed by atoms with Crippen LogP contribution in [0.3, 0.4) is 0 Å². The molecule has 0 saturated carbocycles. The summed E-state index contributed by atoms with van der Waals surface area (Å²) < 4.78 is 2.39. The lowest BCUT2D eigenvalue weighted by Gasteiger charge is -2.19. The van der Waals surface area contributed by atoms with Crippen molar-refractivity contribution in [2.75, 3.05) is 0 Å². The monoisotopic (exact) mass is 780 g/mol. The molecule has 2 heterocycles. The maximum absolute atomic E-state index is 5.08. The first-order valence-corrected chi connectivity index (χ1v) is 20.5. The molecule has 0 aliphatic heterocycles. The highest BCUT2D eigenvalue weighted by Gasteiger charge is 2.20. The van der Waals surface area contributed by atoms with Gasteiger partial charge in [-0.1, -0.05) is 213 Å². The van der Waals surface area contributed by atoms with Gasteiger partial charge in [0.15, 0.2) is 17.5 Å². The highest BCUT2D eigenvalue weighted by atomic mass is 15.0. The first-order chi connectivity index (χ1) is 30.2. The van der Waals surface area contributed by atoms with Crippen LogP contribution in [0.15, 0.2) is 231 Å². The minimum absolute atomic E-state index is 0.500. The van der Waals surface area contributed by atoms with Crippen molar-refractivity contribution in [3.8, 4) is 45.0 Å². The summed E-state index contributed by atoms with van der Waals surface area (Å²) in [5, 5.41) is 2.36. The van der Waals surface area contributed by atoms with E-state index < -0.39 is 0 Å². The number of fused-ring (bicyclic) bond motifs is 3. The molecule has 0 aliphatic rings. The molecule has 0 unspecified atom stereocenters. The van der Waals surface area contributed by atoms with Gasteiger partial charge in [-0.05, 0) is 57.7 Å². The van der Waals surface area contributed by atoms with Crippen LogP contribution in [0.1, 0.15) is 17.0 Å². The van der Waals surface area contributed by atoms with E-state index in [9.17, 15) is 0 Å². The zero-order chi connectivity index (χ0) is 41.0. The van der Waals surface area contributed by atoms with Crippen molar-refractivity contribution < 1.29 is 0 Å².